The normalized spacial score (nSPS) is 10.8. The molecule has 0 saturated carbocycles. The van der Waals surface area contributed by atoms with E-state index in [-0.39, 0.29) is 0 Å². The summed E-state index contributed by atoms with van der Waals surface area (Å²) < 4.78 is 0. The predicted molar refractivity (Wildman–Crippen MR) is 163 cm³/mol. The van der Waals surface area contributed by atoms with Gasteiger partial charge in [-0.05, 0) is 69.8 Å². The minimum atomic E-state index is 0.857. The molecule has 178 valence electrons. The molecule has 38 heavy (non-hydrogen) atoms. The van der Waals surface area contributed by atoms with Crippen molar-refractivity contribution < 1.29 is 0 Å². The third-order valence-electron chi connectivity index (χ3n) is 7.36. The molecule has 0 aliphatic carbocycles. The maximum atomic E-state index is 6.35. The quantitative estimate of drug-likeness (QED) is 0.220. The molecule has 0 spiro atoms. The Hall–Kier alpha value is -5.04. The zero-order chi connectivity index (χ0) is 26.2. The molecule has 0 atom stereocenters. The standard InChI is InChI=1S/C38H26/c1-5-31-35(27-19-15-25(3)16-20-27)23-29-11-7-9-13-33(29)37(31)38-32(6-2)36(28-21-17-26(4)18-22-28)24-30-12-8-10-14-34(30)38/h1-2,7-24H,3-4H3. The van der Waals surface area contributed by atoms with Crippen molar-refractivity contribution in [3.63, 3.8) is 0 Å². The van der Waals surface area contributed by atoms with E-state index in [1.165, 1.54) is 11.1 Å². The van der Waals surface area contributed by atoms with Crippen LogP contribution in [0.1, 0.15) is 22.3 Å². The first-order valence-electron chi connectivity index (χ1n) is 12.8. The molecule has 6 aromatic rings. The van der Waals surface area contributed by atoms with Crippen molar-refractivity contribution in [3.8, 4) is 58.1 Å². The Morgan fingerprint density at radius 2 is 0.842 bits per heavy atom. The molecule has 0 N–H and O–H groups in total. The average Bonchev–Trinajstić information content (AvgIpc) is 2.96. The van der Waals surface area contributed by atoms with Gasteiger partial charge in [-0.2, -0.15) is 0 Å². The molecular weight excluding hydrogens is 456 g/mol. The summed E-state index contributed by atoms with van der Waals surface area (Å²) in [5, 5.41) is 4.45. The van der Waals surface area contributed by atoms with Gasteiger partial charge in [-0.25, -0.2) is 0 Å². The van der Waals surface area contributed by atoms with Crippen molar-refractivity contribution in [2.24, 2.45) is 0 Å². The Kier molecular flexibility index (Phi) is 5.81. The lowest BCUT2D eigenvalue weighted by atomic mass is 9.81. The molecule has 0 heteroatoms. The summed E-state index contributed by atoms with van der Waals surface area (Å²) in [6, 6.07) is 38.4. The highest BCUT2D eigenvalue weighted by Crippen LogP contribution is 2.45. The van der Waals surface area contributed by atoms with Crippen LogP contribution >= 0.6 is 0 Å². The molecule has 0 amide bonds. The van der Waals surface area contributed by atoms with Crippen LogP contribution in [0.2, 0.25) is 0 Å². The van der Waals surface area contributed by atoms with E-state index in [1.54, 1.807) is 0 Å². The molecule has 0 fully saturated rings. The second-order valence-corrected chi connectivity index (χ2v) is 9.81. The van der Waals surface area contributed by atoms with E-state index in [0.29, 0.717) is 0 Å². The lowest BCUT2D eigenvalue weighted by Gasteiger charge is -2.20. The lowest BCUT2D eigenvalue weighted by Crippen LogP contribution is -1.98. The zero-order valence-corrected chi connectivity index (χ0v) is 21.5. The van der Waals surface area contributed by atoms with Crippen molar-refractivity contribution in [2.75, 3.05) is 0 Å². The van der Waals surface area contributed by atoms with Gasteiger partial charge in [0.1, 0.15) is 0 Å². The summed E-state index contributed by atoms with van der Waals surface area (Å²) in [5.74, 6) is 6.16. The highest BCUT2D eigenvalue weighted by molar-refractivity contribution is 6.13. The van der Waals surface area contributed by atoms with Gasteiger partial charge < -0.3 is 0 Å². The van der Waals surface area contributed by atoms with Crippen molar-refractivity contribution in [2.45, 2.75) is 13.8 Å². The molecule has 0 aliphatic heterocycles. The zero-order valence-electron chi connectivity index (χ0n) is 21.5. The first-order chi connectivity index (χ1) is 18.6. The average molecular weight is 483 g/mol. The van der Waals surface area contributed by atoms with E-state index in [4.69, 9.17) is 12.8 Å². The Balaban J connectivity index is 1.81. The maximum absolute atomic E-state index is 6.35. The summed E-state index contributed by atoms with van der Waals surface area (Å²) >= 11 is 0. The second kappa shape index (κ2) is 9.44. The SMILES string of the molecule is C#Cc1c(-c2ccc(C)cc2)cc2ccccc2c1-c1c(C#C)c(-c2ccc(C)cc2)cc2ccccc12. The second-order valence-electron chi connectivity index (χ2n) is 9.81. The van der Waals surface area contributed by atoms with Crippen LogP contribution in [0.25, 0.3) is 54.9 Å². The third kappa shape index (κ3) is 3.85. The van der Waals surface area contributed by atoms with Gasteiger partial charge in [-0.15, -0.1) is 12.8 Å². The summed E-state index contributed by atoms with van der Waals surface area (Å²) in [6.07, 6.45) is 12.7. The van der Waals surface area contributed by atoms with Gasteiger partial charge >= 0.3 is 0 Å². The summed E-state index contributed by atoms with van der Waals surface area (Å²) in [7, 11) is 0. The van der Waals surface area contributed by atoms with Crippen LogP contribution < -0.4 is 0 Å². The van der Waals surface area contributed by atoms with E-state index in [0.717, 1.165) is 66.1 Å². The van der Waals surface area contributed by atoms with Gasteiger partial charge in [-0.3, -0.25) is 0 Å². The van der Waals surface area contributed by atoms with Crippen molar-refractivity contribution >= 4 is 21.5 Å². The number of benzene rings is 6. The van der Waals surface area contributed by atoms with E-state index < -0.39 is 0 Å². The predicted octanol–water partition coefficient (Wildman–Crippen LogP) is 9.57. The van der Waals surface area contributed by atoms with E-state index in [1.807, 2.05) is 0 Å². The van der Waals surface area contributed by atoms with Crippen LogP contribution in [0.4, 0.5) is 0 Å². The molecule has 0 heterocycles. The molecule has 6 aromatic carbocycles. The highest BCUT2D eigenvalue weighted by Gasteiger charge is 2.22. The van der Waals surface area contributed by atoms with Gasteiger partial charge in [0.05, 0.1) is 0 Å². The fourth-order valence-corrected chi connectivity index (χ4v) is 5.44. The van der Waals surface area contributed by atoms with Crippen LogP contribution in [0.15, 0.2) is 109 Å². The summed E-state index contributed by atoms with van der Waals surface area (Å²) in [5.41, 5.74) is 10.4. The van der Waals surface area contributed by atoms with Gasteiger partial charge in [0.25, 0.3) is 0 Å². The van der Waals surface area contributed by atoms with Crippen LogP contribution in [-0.4, -0.2) is 0 Å². The van der Waals surface area contributed by atoms with Gasteiger partial charge in [-0.1, -0.05) is 120 Å². The first kappa shape index (κ1) is 23.4. The van der Waals surface area contributed by atoms with Crippen LogP contribution in [-0.2, 0) is 0 Å². The number of rotatable bonds is 3. The van der Waals surface area contributed by atoms with E-state index in [2.05, 4.69) is 135 Å². The number of terminal acetylenes is 2. The van der Waals surface area contributed by atoms with Gasteiger partial charge in [0.15, 0.2) is 0 Å². The molecular formula is C38H26. The Bertz CT molecular complexity index is 1770. The molecule has 0 aromatic heterocycles. The molecule has 6 rings (SSSR count). The Labute approximate surface area is 224 Å². The van der Waals surface area contributed by atoms with Gasteiger partial charge in [0.2, 0.25) is 0 Å². The first-order valence-corrected chi connectivity index (χ1v) is 12.8. The highest BCUT2D eigenvalue weighted by atomic mass is 14.2. The largest absolute Gasteiger partial charge is 0.115 e. The third-order valence-corrected chi connectivity index (χ3v) is 7.36. The van der Waals surface area contributed by atoms with E-state index in [9.17, 15) is 0 Å². The van der Waals surface area contributed by atoms with E-state index >= 15 is 0 Å². The smallest absolute Gasteiger partial charge is 0.0406 e. The molecule has 0 saturated heterocycles. The van der Waals surface area contributed by atoms with Crippen molar-refractivity contribution in [1.82, 2.24) is 0 Å². The number of aryl methyl sites for hydroxylation is 2. The lowest BCUT2D eigenvalue weighted by molar-refractivity contribution is 1.46. The monoisotopic (exact) mass is 482 g/mol. The molecule has 0 aliphatic rings. The molecule has 0 nitrogen and oxygen atoms in total. The number of fused-ring (bicyclic) bond motifs is 2. The van der Waals surface area contributed by atoms with Crippen LogP contribution in [0.3, 0.4) is 0 Å². The van der Waals surface area contributed by atoms with Crippen molar-refractivity contribution in [1.29, 1.82) is 0 Å². The number of hydrogen-bond donors (Lipinski definition) is 0. The minimum Gasteiger partial charge on any atom is -0.115 e. The van der Waals surface area contributed by atoms with Crippen LogP contribution in [0.5, 0.6) is 0 Å². The summed E-state index contributed by atoms with van der Waals surface area (Å²) in [4.78, 5) is 0. The molecule has 0 radical (unpaired) electrons. The fourth-order valence-electron chi connectivity index (χ4n) is 5.44. The maximum Gasteiger partial charge on any atom is 0.0406 e. The van der Waals surface area contributed by atoms with Gasteiger partial charge in [0, 0.05) is 22.3 Å². The summed E-state index contributed by atoms with van der Waals surface area (Å²) in [6.45, 7) is 4.19. The van der Waals surface area contributed by atoms with Crippen LogP contribution in [0, 0.1) is 38.5 Å². The number of hydrogen-bond acceptors (Lipinski definition) is 0. The minimum absolute atomic E-state index is 0.857. The fraction of sp³-hybridized carbons (Fsp3) is 0.0526. The Morgan fingerprint density at radius 3 is 1.21 bits per heavy atom. The van der Waals surface area contributed by atoms with Crippen molar-refractivity contribution in [3.05, 3.63) is 131 Å². The molecule has 0 unspecified atom stereocenters. The Morgan fingerprint density at radius 1 is 0.474 bits per heavy atom. The topological polar surface area (TPSA) is 0 Å². The molecule has 0 bridgehead atoms.